The van der Waals surface area contributed by atoms with Gasteiger partial charge in [-0.15, -0.1) is 0 Å². The van der Waals surface area contributed by atoms with Gasteiger partial charge in [-0.1, -0.05) is 23.4 Å². The van der Waals surface area contributed by atoms with Crippen molar-refractivity contribution in [3.05, 3.63) is 60.4 Å². The van der Waals surface area contributed by atoms with Crippen molar-refractivity contribution in [1.29, 1.82) is 0 Å². The van der Waals surface area contributed by atoms with Crippen LogP contribution in [0.5, 0.6) is 0 Å². The molecule has 33 heavy (non-hydrogen) atoms. The number of amides is 1. The third-order valence-electron chi connectivity index (χ3n) is 5.56. The number of aryl methyl sites for hydroxylation is 1. The van der Waals surface area contributed by atoms with Crippen LogP contribution in [0.2, 0.25) is 0 Å². The number of nitrogens with zero attached hydrogens (tertiary/aromatic N) is 6. The first-order chi connectivity index (χ1) is 15.8. The number of rotatable bonds is 5. The largest absolute Gasteiger partial charge is 0.373 e. The van der Waals surface area contributed by atoms with Crippen LogP contribution in [0.25, 0.3) is 22.5 Å². The topological polar surface area (TPSA) is 122 Å². The summed E-state index contributed by atoms with van der Waals surface area (Å²) in [5.41, 5.74) is -0.120. The Morgan fingerprint density at radius 3 is 2.76 bits per heavy atom. The Morgan fingerprint density at radius 1 is 1.21 bits per heavy atom. The molecule has 1 aliphatic rings. The standard InChI is InChI=1S/C22H20FN7O3/c1-29-9-7-22(32,20(29)31)17-11-16(28-33-17)13-4-3-5-14(10-13)19-15(23)12-24-21(26-19)25-18-6-8-30(2)27-18/h3-6,8,10-12,32H,7,9H2,1-2H3,(H,24,25,26,27). The lowest BCUT2D eigenvalue weighted by atomic mass is 9.97. The minimum absolute atomic E-state index is 0.0762. The molecule has 10 nitrogen and oxygen atoms in total. The Hall–Kier alpha value is -4.12. The van der Waals surface area contributed by atoms with E-state index in [4.69, 9.17) is 4.52 Å². The smallest absolute Gasteiger partial charge is 0.262 e. The van der Waals surface area contributed by atoms with Gasteiger partial charge in [-0.2, -0.15) is 5.10 Å². The lowest BCUT2D eigenvalue weighted by Crippen LogP contribution is -2.35. The molecule has 3 aromatic heterocycles. The Morgan fingerprint density at radius 2 is 2.03 bits per heavy atom. The van der Waals surface area contributed by atoms with Gasteiger partial charge in [-0.25, -0.2) is 14.4 Å². The van der Waals surface area contributed by atoms with E-state index >= 15 is 0 Å². The number of halogens is 1. The number of carbonyl (C=O) groups is 1. The SMILES string of the molecule is CN1CCC(O)(c2cc(-c3cccc(-c4nc(Nc5ccn(C)n5)ncc4F)c3)no2)C1=O. The minimum atomic E-state index is -1.73. The number of anilines is 2. The van der Waals surface area contributed by atoms with E-state index < -0.39 is 17.3 Å². The zero-order chi connectivity index (χ0) is 23.2. The van der Waals surface area contributed by atoms with Crippen LogP contribution in [0.4, 0.5) is 16.2 Å². The number of likely N-dealkylation sites (N-methyl/N-ethyl adjacent to an activating group) is 1. The Bertz CT molecular complexity index is 1350. The maximum Gasteiger partial charge on any atom is 0.262 e. The number of nitrogens with one attached hydrogen (secondary N) is 1. The highest BCUT2D eigenvalue weighted by Crippen LogP contribution is 2.35. The van der Waals surface area contributed by atoms with Crippen molar-refractivity contribution in [1.82, 2.24) is 29.8 Å². The van der Waals surface area contributed by atoms with E-state index in [2.05, 4.69) is 25.5 Å². The van der Waals surface area contributed by atoms with Gasteiger partial charge < -0.3 is 19.8 Å². The molecule has 1 saturated heterocycles. The number of hydrogen-bond acceptors (Lipinski definition) is 8. The summed E-state index contributed by atoms with van der Waals surface area (Å²) in [6, 6.07) is 10.2. The molecule has 0 bridgehead atoms. The number of carbonyl (C=O) groups excluding carboxylic acids is 1. The third kappa shape index (κ3) is 3.72. The number of aliphatic hydroxyl groups is 1. The van der Waals surface area contributed by atoms with E-state index in [0.717, 1.165) is 6.20 Å². The average molecular weight is 449 g/mol. The number of aromatic nitrogens is 5. The van der Waals surface area contributed by atoms with Crippen LogP contribution in [-0.4, -0.2) is 54.4 Å². The molecule has 168 valence electrons. The normalized spacial score (nSPS) is 18.2. The van der Waals surface area contributed by atoms with Gasteiger partial charge in [-0.05, 0) is 6.07 Å². The molecule has 0 saturated carbocycles. The molecule has 1 aromatic carbocycles. The molecule has 4 heterocycles. The van der Waals surface area contributed by atoms with Crippen molar-refractivity contribution >= 4 is 17.7 Å². The Labute approximate surface area is 187 Å². The molecule has 4 aromatic rings. The molecular weight excluding hydrogens is 429 g/mol. The molecule has 0 spiro atoms. The van der Waals surface area contributed by atoms with E-state index in [1.165, 1.54) is 11.0 Å². The van der Waals surface area contributed by atoms with Gasteiger partial charge in [0.1, 0.15) is 11.4 Å². The summed E-state index contributed by atoms with van der Waals surface area (Å²) in [6.07, 6.45) is 3.07. The van der Waals surface area contributed by atoms with Crippen molar-refractivity contribution in [3.8, 4) is 22.5 Å². The highest BCUT2D eigenvalue weighted by Gasteiger charge is 2.48. The summed E-state index contributed by atoms with van der Waals surface area (Å²) in [6.45, 7) is 0.419. The van der Waals surface area contributed by atoms with Crippen LogP contribution >= 0.6 is 0 Å². The van der Waals surface area contributed by atoms with E-state index in [0.29, 0.717) is 29.2 Å². The quantitative estimate of drug-likeness (QED) is 0.477. The van der Waals surface area contributed by atoms with Crippen molar-refractivity contribution in [3.63, 3.8) is 0 Å². The van der Waals surface area contributed by atoms with Gasteiger partial charge in [0.05, 0.1) is 6.20 Å². The van der Waals surface area contributed by atoms with Crippen molar-refractivity contribution < 1.29 is 18.8 Å². The fourth-order valence-corrected chi connectivity index (χ4v) is 3.74. The van der Waals surface area contributed by atoms with E-state index in [1.807, 2.05) is 0 Å². The highest BCUT2D eigenvalue weighted by atomic mass is 19.1. The second kappa shape index (κ2) is 7.78. The fraction of sp³-hybridized carbons (Fsp3) is 0.227. The molecule has 11 heteroatoms. The monoisotopic (exact) mass is 449 g/mol. The van der Waals surface area contributed by atoms with Crippen LogP contribution < -0.4 is 5.32 Å². The van der Waals surface area contributed by atoms with Gasteiger partial charge in [-0.3, -0.25) is 9.48 Å². The number of likely N-dealkylation sites (tertiary alicyclic amines) is 1. The predicted molar refractivity (Wildman–Crippen MR) is 116 cm³/mol. The molecular formula is C22H20FN7O3. The average Bonchev–Trinajstić information content (AvgIpc) is 3.53. The summed E-state index contributed by atoms with van der Waals surface area (Å²) in [5.74, 6) is -0.218. The van der Waals surface area contributed by atoms with Crippen LogP contribution in [0.15, 0.2) is 53.3 Å². The highest BCUT2D eigenvalue weighted by molar-refractivity contribution is 5.87. The van der Waals surface area contributed by atoms with Crippen molar-refractivity contribution in [2.75, 3.05) is 18.9 Å². The molecule has 2 N–H and O–H groups in total. The van der Waals surface area contributed by atoms with Crippen molar-refractivity contribution in [2.45, 2.75) is 12.0 Å². The first-order valence-corrected chi connectivity index (χ1v) is 10.2. The predicted octanol–water partition coefficient (Wildman–Crippen LogP) is 2.46. The molecule has 1 amide bonds. The van der Waals surface area contributed by atoms with Gasteiger partial charge in [0.25, 0.3) is 5.91 Å². The zero-order valence-electron chi connectivity index (χ0n) is 17.9. The van der Waals surface area contributed by atoms with Gasteiger partial charge in [0, 0.05) is 56.5 Å². The zero-order valence-corrected chi connectivity index (χ0v) is 17.9. The molecule has 1 fully saturated rings. The summed E-state index contributed by atoms with van der Waals surface area (Å²) in [4.78, 5) is 22.1. The Balaban J connectivity index is 1.45. The van der Waals surface area contributed by atoms with Crippen LogP contribution in [-0.2, 0) is 17.4 Å². The van der Waals surface area contributed by atoms with Gasteiger partial charge in [0.15, 0.2) is 17.4 Å². The van der Waals surface area contributed by atoms with Gasteiger partial charge in [0.2, 0.25) is 11.5 Å². The maximum absolute atomic E-state index is 14.6. The van der Waals surface area contributed by atoms with E-state index in [9.17, 15) is 14.3 Å². The lowest BCUT2D eigenvalue weighted by Gasteiger charge is -2.16. The van der Waals surface area contributed by atoms with Crippen LogP contribution in [0, 0.1) is 5.82 Å². The third-order valence-corrected chi connectivity index (χ3v) is 5.56. The first kappa shape index (κ1) is 20.8. The van der Waals surface area contributed by atoms with Crippen LogP contribution in [0.3, 0.4) is 0 Å². The second-order valence-corrected chi connectivity index (χ2v) is 7.88. The van der Waals surface area contributed by atoms with Crippen LogP contribution in [0.1, 0.15) is 12.2 Å². The maximum atomic E-state index is 14.6. The fourth-order valence-electron chi connectivity index (χ4n) is 3.74. The molecule has 1 atom stereocenters. The first-order valence-electron chi connectivity index (χ1n) is 10.2. The number of benzene rings is 1. The summed E-state index contributed by atoms with van der Waals surface area (Å²) in [7, 11) is 3.40. The number of hydrogen-bond donors (Lipinski definition) is 2. The Kier molecular flexibility index (Phi) is 4.90. The minimum Gasteiger partial charge on any atom is -0.373 e. The molecule has 0 aliphatic carbocycles. The summed E-state index contributed by atoms with van der Waals surface area (Å²) in [5, 5.41) is 21.9. The second-order valence-electron chi connectivity index (χ2n) is 7.88. The van der Waals surface area contributed by atoms with Crippen molar-refractivity contribution in [2.24, 2.45) is 7.05 Å². The lowest BCUT2D eigenvalue weighted by molar-refractivity contribution is -0.144. The molecule has 0 radical (unpaired) electrons. The van der Waals surface area contributed by atoms with Gasteiger partial charge >= 0.3 is 0 Å². The molecule has 1 aliphatic heterocycles. The van der Waals surface area contributed by atoms with E-state index in [-0.39, 0.29) is 23.8 Å². The summed E-state index contributed by atoms with van der Waals surface area (Å²) >= 11 is 0. The summed E-state index contributed by atoms with van der Waals surface area (Å²) < 4.78 is 21.5. The van der Waals surface area contributed by atoms with E-state index in [1.54, 1.807) is 55.3 Å². The molecule has 1 unspecified atom stereocenters. The molecule has 5 rings (SSSR count).